The van der Waals surface area contributed by atoms with Crippen molar-refractivity contribution >= 4 is 23.2 Å². The van der Waals surface area contributed by atoms with Gasteiger partial charge in [-0.3, -0.25) is 9.79 Å². The lowest BCUT2D eigenvalue weighted by molar-refractivity contribution is -0.135. The molecule has 1 amide bonds. The molecule has 132 valence electrons. The van der Waals surface area contributed by atoms with Crippen LogP contribution >= 0.6 is 11.3 Å². The molecule has 1 aromatic heterocycles. The van der Waals surface area contributed by atoms with Crippen LogP contribution in [0.15, 0.2) is 16.6 Å². The maximum Gasteiger partial charge on any atom is 0.225 e. The molecular weight excluding hydrogens is 322 g/mol. The molecule has 1 atom stereocenters. The summed E-state index contributed by atoms with van der Waals surface area (Å²) in [5.41, 5.74) is 0. The molecular formula is C17H27N5OS. The highest BCUT2D eigenvalue weighted by atomic mass is 32.1. The summed E-state index contributed by atoms with van der Waals surface area (Å²) in [7, 11) is 1.77. The van der Waals surface area contributed by atoms with Crippen LogP contribution in [-0.4, -0.2) is 47.9 Å². The maximum absolute atomic E-state index is 12.6. The van der Waals surface area contributed by atoms with Crippen molar-refractivity contribution in [2.24, 2.45) is 10.9 Å². The van der Waals surface area contributed by atoms with E-state index in [0.717, 1.165) is 43.3 Å². The lowest BCUT2D eigenvalue weighted by atomic mass is 9.88. The van der Waals surface area contributed by atoms with Crippen molar-refractivity contribution < 1.29 is 4.79 Å². The van der Waals surface area contributed by atoms with E-state index in [1.807, 2.05) is 16.5 Å². The number of carbonyl (C=O) groups excluding carboxylic acids is 1. The molecule has 2 heterocycles. The zero-order valence-electron chi connectivity index (χ0n) is 14.3. The summed E-state index contributed by atoms with van der Waals surface area (Å²) in [4.78, 5) is 23.2. The quantitative estimate of drug-likeness (QED) is 0.644. The van der Waals surface area contributed by atoms with Gasteiger partial charge in [0, 0.05) is 43.7 Å². The van der Waals surface area contributed by atoms with Crippen molar-refractivity contribution in [1.29, 1.82) is 0 Å². The summed E-state index contributed by atoms with van der Waals surface area (Å²) in [6, 6.07) is 0.278. The molecule has 1 aromatic rings. The summed E-state index contributed by atoms with van der Waals surface area (Å²) in [6.07, 6.45) is 8.64. The highest BCUT2D eigenvalue weighted by molar-refractivity contribution is 7.09. The Morgan fingerprint density at radius 2 is 2.21 bits per heavy atom. The van der Waals surface area contributed by atoms with Crippen molar-refractivity contribution in [3.8, 4) is 0 Å². The summed E-state index contributed by atoms with van der Waals surface area (Å²) in [5, 5.41) is 9.74. The van der Waals surface area contributed by atoms with Gasteiger partial charge in [0.15, 0.2) is 5.96 Å². The van der Waals surface area contributed by atoms with E-state index < -0.39 is 0 Å². The zero-order chi connectivity index (χ0) is 16.8. The van der Waals surface area contributed by atoms with Crippen molar-refractivity contribution in [2.45, 2.75) is 51.1 Å². The van der Waals surface area contributed by atoms with Gasteiger partial charge in [-0.05, 0) is 19.3 Å². The average molecular weight is 350 g/mol. The number of aliphatic imine (C=N–C) groups is 1. The summed E-state index contributed by atoms with van der Waals surface area (Å²) >= 11 is 1.63. The fraction of sp³-hybridized carbons (Fsp3) is 0.706. The minimum Gasteiger partial charge on any atom is -0.352 e. The largest absolute Gasteiger partial charge is 0.352 e. The second kappa shape index (κ2) is 8.46. The Bertz CT molecular complexity index is 553. The van der Waals surface area contributed by atoms with Gasteiger partial charge in [0.25, 0.3) is 0 Å². The highest BCUT2D eigenvalue weighted by Gasteiger charge is 2.31. The van der Waals surface area contributed by atoms with Gasteiger partial charge < -0.3 is 15.5 Å². The lowest BCUT2D eigenvalue weighted by Gasteiger charge is -2.26. The minimum atomic E-state index is 0.264. The number of nitrogens with zero attached hydrogens (tertiary/aromatic N) is 3. The number of carbonyl (C=O) groups is 1. The monoisotopic (exact) mass is 349 g/mol. The molecule has 7 heteroatoms. The molecule has 2 aliphatic rings. The summed E-state index contributed by atoms with van der Waals surface area (Å²) in [5.74, 6) is 1.41. The number of rotatable bonds is 4. The molecule has 1 unspecified atom stereocenters. The van der Waals surface area contributed by atoms with Gasteiger partial charge in [0.1, 0.15) is 5.01 Å². The molecule has 1 aliphatic carbocycles. The molecule has 0 radical (unpaired) electrons. The van der Waals surface area contributed by atoms with E-state index >= 15 is 0 Å². The maximum atomic E-state index is 12.6. The average Bonchev–Trinajstić information content (AvgIpc) is 3.30. The molecule has 1 aliphatic heterocycles. The molecule has 0 aromatic carbocycles. The van der Waals surface area contributed by atoms with Crippen LogP contribution in [0.2, 0.25) is 0 Å². The SMILES string of the molecule is CN=C(NCc1nccs1)NC1CCN(C(=O)C2CCCCC2)C1. The first-order valence-electron chi connectivity index (χ1n) is 8.90. The fourth-order valence-corrected chi connectivity index (χ4v) is 4.13. The van der Waals surface area contributed by atoms with Crippen molar-refractivity contribution in [3.63, 3.8) is 0 Å². The van der Waals surface area contributed by atoms with E-state index in [2.05, 4.69) is 20.6 Å². The van der Waals surface area contributed by atoms with Gasteiger partial charge in [-0.1, -0.05) is 19.3 Å². The van der Waals surface area contributed by atoms with Crippen LogP contribution < -0.4 is 10.6 Å². The van der Waals surface area contributed by atoms with Crippen LogP contribution in [0, 0.1) is 5.92 Å². The second-order valence-electron chi connectivity index (χ2n) is 6.60. The van der Waals surface area contributed by atoms with Crippen LogP contribution in [0.3, 0.4) is 0 Å². The first kappa shape index (κ1) is 17.2. The number of hydrogen-bond acceptors (Lipinski definition) is 4. The number of amides is 1. The number of aromatic nitrogens is 1. The van der Waals surface area contributed by atoms with Crippen LogP contribution in [0.5, 0.6) is 0 Å². The fourth-order valence-electron chi connectivity index (χ4n) is 3.57. The van der Waals surface area contributed by atoms with Gasteiger partial charge >= 0.3 is 0 Å². The number of thiazole rings is 1. The van der Waals surface area contributed by atoms with E-state index in [-0.39, 0.29) is 12.0 Å². The van der Waals surface area contributed by atoms with Gasteiger partial charge in [0.2, 0.25) is 5.91 Å². The predicted octanol–water partition coefficient (Wildman–Crippen LogP) is 1.99. The topological polar surface area (TPSA) is 69.6 Å². The van der Waals surface area contributed by atoms with Crippen molar-refractivity contribution in [2.75, 3.05) is 20.1 Å². The number of hydrogen-bond donors (Lipinski definition) is 2. The molecule has 0 bridgehead atoms. The van der Waals surface area contributed by atoms with Crippen LogP contribution in [0.4, 0.5) is 0 Å². The third-order valence-electron chi connectivity index (χ3n) is 4.91. The Morgan fingerprint density at radius 1 is 1.38 bits per heavy atom. The number of nitrogens with one attached hydrogen (secondary N) is 2. The highest BCUT2D eigenvalue weighted by Crippen LogP contribution is 2.26. The molecule has 3 rings (SSSR count). The third kappa shape index (κ3) is 4.47. The molecule has 6 nitrogen and oxygen atoms in total. The molecule has 0 spiro atoms. The number of likely N-dealkylation sites (tertiary alicyclic amines) is 1. The van der Waals surface area contributed by atoms with E-state index in [1.165, 1.54) is 19.3 Å². The Kier molecular flexibility index (Phi) is 6.07. The van der Waals surface area contributed by atoms with Gasteiger partial charge in [-0.2, -0.15) is 0 Å². The molecule has 24 heavy (non-hydrogen) atoms. The molecule has 1 saturated carbocycles. The van der Waals surface area contributed by atoms with Gasteiger partial charge in [0.05, 0.1) is 6.54 Å². The Hall–Kier alpha value is -1.63. The minimum absolute atomic E-state index is 0.264. The van der Waals surface area contributed by atoms with Crippen molar-refractivity contribution in [1.82, 2.24) is 20.5 Å². The zero-order valence-corrected chi connectivity index (χ0v) is 15.1. The summed E-state index contributed by atoms with van der Waals surface area (Å²) < 4.78 is 0. The first-order valence-corrected chi connectivity index (χ1v) is 9.78. The second-order valence-corrected chi connectivity index (χ2v) is 7.58. The smallest absolute Gasteiger partial charge is 0.225 e. The molecule has 2 N–H and O–H groups in total. The van der Waals surface area contributed by atoms with E-state index in [9.17, 15) is 4.79 Å². The molecule has 1 saturated heterocycles. The third-order valence-corrected chi connectivity index (χ3v) is 5.69. The predicted molar refractivity (Wildman–Crippen MR) is 97.0 cm³/mol. The van der Waals surface area contributed by atoms with Crippen LogP contribution in [-0.2, 0) is 11.3 Å². The van der Waals surface area contributed by atoms with Gasteiger partial charge in [-0.15, -0.1) is 11.3 Å². The number of guanidine groups is 1. The Balaban J connectivity index is 1.45. The van der Waals surface area contributed by atoms with E-state index in [0.29, 0.717) is 12.5 Å². The van der Waals surface area contributed by atoms with Crippen LogP contribution in [0.1, 0.15) is 43.5 Å². The van der Waals surface area contributed by atoms with E-state index in [1.54, 1.807) is 18.4 Å². The first-order chi connectivity index (χ1) is 11.8. The lowest BCUT2D eigenvalue weighted by Crippen LogP contribution is -2.45. The Morgan fingerprint density at radius 3 is 2.92 bits per heavy atom. The van der Waals surface area contributed by atoms with Crippen LogP contribution in [0.25, 0.3) is 0 Å². The molecule has 2 fully saturated rings. The van der Waals surface area contributed by atoms with Gasteiger partial charge in [-0.25, -0.2) is 4.98 Å². The van der Waals surface area contributed by atoms with E-state index in [4.69, 9.17) is 0 Å². The Labute approximate surface area is 147 Å². The standard InChI is InChI=1S/C17H27N5OS/c1-18-17(20-11-15-19-8-10-24-15)21-14-7-9-22(12-14)16(23)13-5-3-2-4-6-13/h8,10,13-14H,2-7,9,11-12H2,1H3,(H2,18,20,21). The normalized spacial score (nSPS) is 22.6. The van der Waals surface area contributed by atoms with Crippen molar-refractivity contribution in [3.05, 3.63) is 16.6 Å². The summed E-state index contributed by atoms with van der Waals surface area (Å²) in [6.45, 7) is 2.32.